The number of alkyl halides is 4. The van der Waals surface area contributed by atoms with Crippen LogP contribution >= 0.6 is 23.2 Å². The minimum atomic E-state index is -3.92. The summed E-state index contributed by atoms with van der Waals surface area (Å²) in [5.41, 5.74) is -3.20. The number of hydrogen-bond donors (Lipinski definition) is 2. The second-order valence-corrected chi connectivity index (χ2v) is 16.4. The van der Waals surface area contributed by atoms with Gasteiger partial charge in [0, 0.05) is 31.0 Å². The van der Waals surface area contributed by atoms with E-state index in [4.69, 9.17) is 27.9 Å². The fourth-order valence-electron chi connectivity index (χ4n) is 7.61. The third kappa shape index (κ3) is 6.67. The number of hydrogen-bond acceptors (Lipinski definition) is 9. The van der Waals surface area contributed by atoms with Crippen molar-refractivity contribution < 1.29 is 44.3 Å². The molecule has 4 aromatic heterocycles. The molecule has 58 heavy (non-hydrogen) atoms. The molecular formula is C35H27Cl2F6N9O5S. The molecular weight excluding hydrogens is 843 g/mol. The minimum Gasteiger partial charge on any atom is -0.480 e. The molecule has 1 saturated carbocycles. The SMILES string of the molecule is COc1nc2nc([C@H](Cc3cc(F)cc(F)c3)NC(=O)Cn3nc(C(F)F)c4c3C(F)(F)C3CC43)n(-c3ccc(Cl)c4c(NS(C)(=O)=O)nn(C)c34)c(=O)c2cc1Cl. The van der Waals surface area contributed by atoms with Gasteiger partial charge in [0.15, 0.2) is 11.5 Å². The van der Waals surface area contributed by atoms with Crippen LogP contribution in [0.5, 0.6) is 5.88 Å². The highest BCUT2D eigenvalue weighted by Gasteiger charge is 2.67. The number of aryl methyl sites for hydroxylation is 1. The molecule has 2 aliphatic rings. The van der Waals surface area contributed by atoms with E-state index in [1.54, 1.807) is 0 Å². The number of aromatic nitrogens is 7. The van der Waals surface area contributed by atoms with E-state index in [0.717, 1.165) is 23.0 Å². The topological polar surface area (TPSA) is 168 Å². The van der Waals surface area contributed by atoms with Gasteiger partial charge in [-0.15, -0.1) is 0 Å². The van der Waals surface area contributed by atoms with Crippen molar-refractivity contribution in [3.63, 3.8) is 0 Å². The zero-order valence-corrected chi connectivity index (χ0v) is 32.3. The molecule has 23 heteroatoms. The van der Waals surface area contributed by atoms with Crippen molar-refractivity contribution in [2.24, 2.45) is 13.0 Å². The number of methoxy groups -OCH3 is 1. The largest absolute Gasteiger partial charge is 0.480 e. The van der Waals surface area contributed by atoms with Crippen LogP contribution in [0.25, 0.3) is 27.6 Å². The van der Waals surface area contributed by atoms with Crippen LogP contribution in [-0.4, -0.2) is 61.8 Å². The van der Waals surface area contributed by atoms with E-state index in [9.17, 15) is 35.6 Å². The molecule has 0 spiro atoms. The highest BCUT2D eigenvalue weighted by Crippen LogP contribution is 2.68. The summed E-state index contributed by atoms with van der Waals surface area (Å²) in [5.74, 6) is -9.44. The Morgan fingerprint density at radius 2 is 1.78 bits per heavy atom. The molecule has 1 amide bonds. The molecule has 1 fully saturated rings. The number of nitrogens with one attached hydrogen (secondary N) is 2. The van der Waals surface area contributed by atoms with Gasteiger partial charge in [-0.25, -0.2) is 31.0 Å². The lowest BCUT2D eigenvalue weighted by molar-refractivity contribution is -0.123. The van der Waals surface area contributed by atoms with E-state index < -0.39 is 87.7 Å². The highest BCUT2D eigenvalue weighted by molar-refractivity contribution is 7.92. The van der Waals surface area contributed by atoms with Gasteiger partial charge in [-0.2, -0.15) is 24.0 Å². The third-order valence-corrected chi connectivity index (χ3v) is 11.1. The number of pyridine rings is 1. The predicted molar refractivity (Wildman–Crippen MR) is 197 cm³/mol. The fourth-order valence-corrected chi connectivity index (χ4v) is 8.57. The summed E-state index contributed by atoms with van der Waals surface area (Å²) in [5, 5.41) is 10.3. The third-order valence-electron chi connectivity index (χ3n) is 9.91. The molecule has 0 bridgehead atoms. The molecule has 0 radical (unpaired) electrons. The van der Waals surface area contributed by atoms with Crippen LogP contribution in [0, 0.1) is 17.6 Å². The number of rotatable bonds is 11. The molecule has 14 nitrogen and oxygen atoms in total. The molecule has 2 N–H and O–H groups in total. The summed E-state index contributed by atoms with van der Waals surface area (Å²) >= 11 is 12.9. The van der Waals surface area contributed by atoms with Gasteiger partial charge in [0.1, 0.15) is 40.4 Å². The van der Waals surface area contributed by atoms with Crippen LogP contribution in [-0.2, 0) is 40.8 Å². The first kappa shape index (κ1) is 39.4. The van der Waals surface area contributed by atoms with Crippen molar-refractivity contribution in [3.05, 3.63) is 96.8 Å². The lowest BCUT2D eigenvalue weighted by atomic mass is 10.0. The van der Waals surface area contributed by atoms with Crippen LogP contribution in [0.15, 0.2) is 41.2 Å². The number of fused-ring (bicyclic) bond motifs is 5. The van der Waals surface area contributed by atoms with Crippen molar-refractivity contribution >= 4 is 66.9 Å². The lowest BCUT2D eigenvalue weighted by Gasteiger charge is -2.24. The maximum Gasteiger partial charge on any atom is 0.293 e. The van der Waals surface area contributed by atoms with Crippen molar-refractivity contribution in [2.45, 2.75) is 43.7 Å². The fraction of sp³-hybridized carbons (Fsp3) is 0.314. The standard InChI is InChI=1S/C35H27Cl2F6N9O5S/c1-50-27-22(5-4-19(36)25(27)31(48-50)49-58(3,55)56)52-32(45-30-17(34(52)54)11-20(37)33(46-30)57-2)21(8-13-6-14(38)9-15(39)7-13)44-23(53)12-51-28-24(26(47-51)29(40)41)16-10-18(16)35(28,42)43/h4-7,9,11,16,18,21,29H,8,10,12H2,1-3H3,(H,44,53)(H,48,49)/t16?,18?,21-/m0/s1. The molecule has 3 atom stereocenters. The van der Waals surface area contributed by atoms with Crippen LogP contribution in [0.2, 0.25) is 10.0 Å². The number of halogens is 8. The maximum atomic E-state index is 15.4. The average Bonchev–Trinajstić information content (AvgIpc) is 3.66. The van der Waals surface area contributed by atoms with Gasteiger partial charge >= 0.3 is 0 Å². The van der Waals surface area contributed by atoms with Crippen molar-refractivity contribution in [1.29, 1.82) is 0 Å². The first-order valence-corrected chi connectivity index (χ1v) is 19.7. The molecule has 304 valence electrons. The molecule has 0 saturated heterocycles. The molecule has 2 aromatic carbocycles. The van der Waals surface area contributed by atoms with Gasteiger partial charge in [0.2, 0.25) is 21.8 Å². The molecule has 0 aliphatic heterocycles. The second-order valence-electron chi connectivity index (χ2n) is 13.9. The summed E-state index contributed by atoms with van der Waals surface area (Å²) in [7, 11) is -1.25. The number of amides is 1. The Labute approximate surface area is 332 Å². The number of anilines is 1. The smallest absolute Gasteiger partial charge is 0.293 e. The van der Waals surface area contributed by atoms with Crippen LogP contribution < -0.4 is 20.3 Å². The van der Waals surface area contributed by atoms with Crippen molar-refractivity contribution in [1.82, 2.24) is 39.4 Å². The van der Waals surface area contributed by atoms with E-state index in [2.05, 4.69) is 30.2 Å². The Morgan fingerprint density at radius 1 is 1.07 bits per heavy atom. The number of ether oxygens (including phenoxy) is 1. The Morgan fingerprint density at radius 3 is 2.43 bits per heavy atom. The van der Waals surface area contributed by atoms with E-state index in [1.807, 2.05) is 0 Å². The first-order valence-electron chi connectivity index (χ1n) is 17.1. The van der Waals surface area contributed by atoms with Gasteiger partial charge in [-0.3, -0.25) is 28.2 Å². The summed E-state index contributed by atoms with van der Waals surface area (Å²) in [6.07, 6.45) is -2.86. The van der Waals surface area contributed by atoms with Crippen molar-refractivity contribution in [2.75, 3.05) is 18.1 Å². The molecule has 8 rings (SSSR count). The Bertz CT molecular complexity index is 2890. The monoisotopic (exact) mass is 869 g/mol. The molecule has 2 unspecified atom stereocenters. The quantitative estimate of drug-likeness (QED) is 0.147. The molecule has 6 aromatic rings. The predicted octanol–water partition coefficient (Wildman–Crippen LogP) is 6.08. The first-order chi connectivity index (χ1) is 27.3. The average molecular weight is 871 g/mol. The second kappa shape index (κ2) is 13.9. The number of benzene rings is 2. The van der Waals surface area contributed by atoms with Gasteiger partial charge in [0.25, 0.3) is 17.9 Å². The Hall–Kier alpha value is -5.41. The summed E-state index contributed by atoms with van der Waals surface area (Å²) < 4.78 is 123. The van der Waals surface area contributed by atoms with E-state index >= 15 is 8.78 Å². The molecule has 4 heterocycles. The summed E-state index contributed by atoms with van der Waals surface area (Å²) in [4.78, 5) is 37.6. The number of sulfonamides is 1. The van der Waals surface area contributed by atoms with Gasteiger partial charge in [-0.1, -0.05) is 23.2 Å². The summed E-state index contributed by atoms with van der Waals surface area (Å²) in [6, 6.07) is 4.81. The van der Waals surface area contributed by atoms with Crippen LogP contribution in [0.4, 0.5) is 32.2 Å². The maximum absolute atomic E-state index is 15.4. The zero-order valence-electron chi connectivity index (χ0n) is 30.0. The van der Waals surface area contributed by atoms with Crippen LogP contribution in [0.3, 0.4) is 0 Å². The molecule has 2 aliphatic carbocycles. The number of carbonyl (C=O) groups is 1. The van der Waals surface area contributed by atoms with Crippen LogP contribution in [0.1, 0.15) is 53.1 Å². The van der Waals surface area contributed by atoms with Gasteiger partial charge < -0.3 is 10.1 Å². The Kier molecular flexibility index (Phi) is 9.42. The van der Waals surface area contributed by atoms with Gasteiger partial charge in [0.05, 0.1) is 46.4 Å². The summed E-state index contributed by atoms with van der Waals surface area (Å²) in [6.45, 7) is -1.01. The number of nitrogens with zero attached hydrogens (tertiary/aromatic N) is 7. The normalized spacial score (nSPS) is 17.4. The van der Waals surface area contributed by atoms with E-state index in [1.165, 1.54) is 37.0 Å². The highest BCUT2D eigenvalue weighted by atomic mass is 35.5. The number of carbonyl (C=O) groups excluding carboxylic acids is 1. The van der Waals surface area contributed by atoms with E-state index in [0.29, 0.717) is 10.7 Å². The zero-order chi connectivity index (χ0) is 41.7. The van der Waals surface area contributed by atoms with Gasteiger partial charge in [-0.05, 0) is 48.2 Å². The van der Waals surface area contributed by atoms with E-state index in [-0.39, 0.29) is 72.7 Å². The van der Waals surface area contributed by atoms with Crippen molar-refractivity contribution in [3.8, 4) is 11.6 Å². The Balaban J connectivity index is 1.34. The minimum absolute atomic E-state index is 0.000226. The lowest BCUT2D eigenvalue weighted by Crippen LogP contribution is -2.38.